The van der Waals surface area contributed by atoms with E-state index in [4.69, 9.17) is 0 Å². The molecule has 0 radical (unpaired) electrons. The molecule has 2 amide bonds. The minimum Gasteiger partial charge on any atom is -0.336 e. The van der Waals surface area contributed by atoms with Crippen molar-refractivity contribution < 1.29 is 14.5 Å². The van der Waals surface area contributed by atoms with E-state index in [0.717, 1.165) is 15.5 Å². The van der Waals surface area contributed by atoms with E-state index in [1.165, 1.54) is 10.4 Å². The first kappa shape index (κ1) is 20.5. The maximum atomic E-state index is 12.4. The van der Waals surface area contributed by atoms with Gasteiger partial charge in [-0.15, -0.1) is 23.1 Å². The van der Waals surface area contributed by atoms with Crippen LogP contribution in [0.4, 0.5) is 5.69 Å². The van der Waals surface area contributed by atoms with Crippen LogP contribution in [0.3, 0.4) is 0 Å². The highest BCUT2D eigenvalue weighted by molar-refractivity contribution is 7.98. The van der Waals surface area contributed by atoms with Crippen LogP contribution in [-0.4, -0.2) is 50.2 Å². The Morgan fingerprint density at radius 1 is 1.23 bits per heavy atom. The summed E-state index contributed by atoms with van der Waals surface area (Å²) in [5, 5.41) is 4.97. The number of carbonyl (C=O) groups excluding carboxylic acids is 2. The Morgan fingerprint density at radius 3 is 2.62 bits per heavy atom. The Kier molecular flexibility index (Phi) is 7.68. The van der Waals surface area contributed by atoms with E-state index in [-0.39, 0.29) is 18.4 Å². The second-order valence-corrected chi connectivity index (χ2v) is 8.18. The third-order valence-corrected chi connectivity index (χ3v) is 5.87. The molecule has 0 spiro atoms. The van der Waals surface area contributed by atoms with Crippen LogP contribution in [0.25, 0.3) is 0 Å². The summed E-state index contributed by atoms with van der Waals surface area (Å²) in [5.41, 5.74) is 2.02. The fourth-order valence-electron chi connectivity index (χ4n) is 2.54. The predicted octanol–water partition coefficient (Wildman–Crippen LogP) is 1.89. The maximum absolute atomic E-state index is 12.4. The maximum Gasteiger partial charge on any atom is 0.279 e. The molecule has 0 fully saturated rings. The van der Waals surface area contributed by atoms with Gasteiger partial charge in [-0.1, -0.05) is 12.1 Å². The van der Waals surface area contributed by atoms with Crippen molar-refractivity contribution in [2.24, 2.45) is 0 Å². The van der Waals surface area contributed by atoms with Gasteiger partial charge in [0.1, 0.15) is 0 Å². The summed E-state index contributed by atoms with van der Waals surface area (Å²) in [7, 11) is 3.67. The predicted molar refractivity (Wildman–Crippen MR) is 109 cm³/mol. The molecule has 0 aliphatic heterocycles. The molecule has 0 aliphatic rings. The minimum atomic E-state index is -0.0893. The molecule has 1 atom stereocenters. The molecular formula is C19H26N3O2S2+. The first-order valence-electron chi connectivity index (χ1n) is 8.41. The zero-order valence-electron chi connectivity index (χ0n) is 15.7. The molecule has 0 saturated carbocycles. The molecule has 0 bridgehead atoms. The molecule has 2 rings (SSSR count). The quantitative estimate of drug-likeness (QED) is 0.675. The number of amides is 2. The van der Waals surface area contributed by atoms with Crippen molar-refractivity contribution >= 4 is 40.6 Å². The summed E-state index contributed by atoms with van der Waals surface area (Å²) in [6.45, 7) is 3.21. The number of aryl methyl sites for hydroxylation is 1. The smallest absolute Gasteiger partial charge is 0.279 e. The first-order chi connectivity index (χ1) is 12.4. The van der Waals surface area contributed by atoms with Gasteiger partial charge < -0.3 is 15.1 Å². The van der Waals surface area contributed by atoms with Gasteiger partial charge in [0.05, 0.1) is 19.3 Å². The zero-order chi connectivity index (χ0) is 19.1. The number of thiophene rings is 1. The van der Waals surface area contributed by atoms with Gasteiger partial charge in [-0.2, -0.15) is 0 Å². The van der Waals surface area contributed by atoms with E-state index < -0.39 is 0 Å². The molecule has 0 aliphatic carbocycles. The lowest BCUT2D eigenvalue weighted by Gasteiger charge is -2.20. The number of hydrogen-bond acceptors (Lipinski definition) is 4. The Morgan fingerprint density at radius 2 is 1.96 bits per heavy atom. The molecule has 0 saturated heterocycles. The highest BCUT2D eigenvalue weighted by Crippen LogP contribution is 2.24. The molecule has 1 aromatic heterocycles. The van der Waals surface area contributed by atoms with Crippen LogP contribution < -0.4 is 10.2 Å². The third kappa shape index (κ3) is 5.86. The van der Waals surface area contributed by atoms with E-state index in [2.05, 4.69) is 18.3 Å². The Bertz CT molecular complexity index is 761. The lowest BCUT2D eigenvalue weighted by Crippen LogP contribution is -3.11. The van der Waals surface area contributed by atoms with E-state index in [1.54, 1.807) is 28.0 Å². The van der Waals surface area contributed by atoms with E-state index in [9.17, 15) is 9.59 Å². The fourth-order valence-corrected chi connectivity index (χ4v) is 4.05. The van der Waals surface area contributed by atoms with E-state index >= 15 is 0 Å². The van der Waals surface area contributed by atoms with Crippen molar-refractivity contribution in [1.29, 1.82) is 0 Å². The van der Waals surface area contributed by atoms with Crippen molar-refractivity contribution in [3.63, 3.8) is 0 Å². The van der Waals surface area contributed by atoms with Gasteiger partial charge in [-0.3, -0.25) is 9.59 Å². The number of benzene rings is 1. The van der Waals surface area contributed by atoms with E-state index in [0.29, 0.717) is 13.1 Å². The molecule has 5 nitrogen and oxygen atoms in total. The molecule has 26 heavy (non-hydrogen) atoms. The van der Waals surface area contributed by atoms with Crippen molar-refractivity contribution in [2.45, 2.75) is 18.4 Å². The largest absolute Gasteiger partial charge is 0.336 e. The van der Waals surface area contributed by atoms with Crippen LogP contribution >= 0.6 is 23.1 Å². The van der Waals surface area contributed by atoms with Gasteiger partial charge in [0.2, 0.25) is 0 Å². The van der Waals surface area contributed by atoms with Gasteiger partial charge in [0, 0.05) is 16.8 Å². The van der Waals surface area contributed by atoms with Gasteiger partial charge in [-0.05, 0) is 42.3 Å². The normalized spacial score (nSPS) is 11.8. The van der Waals surface area contributed by atoms with Crippen molar-refractivity contribution in [3.8, 4) is 0 Å². The van der Waals surface area contributed by atoms with Gasteiger partial charge >= 0.3 is 0 Å². The SMILES string of the molecule is CSc1ccccc1NC(=O)C[NH+](C)CC(=O)N(C)Cc1sccc1C. The number of rotatable bonds is 8. The van der Waals surface area contributed by atoms with Crippen LogP contribution in [0.15, 0.2) is 40.6 Å². The number of nitrogens with one attached hydrogen (secondary N) is 2. The van der Waals surface area contributed by atoms with Crippen LogP contribution in [0.5, 0.6) is 0 Å². The standard InChI is InChI=1S/C19H25N3O2S2/c1-14-9-10-26-17(14)11-22(3)19(24)13-21(2)12-18(23)20-15-7-5-6-8-16(15)25-4/h5-10H,11-13H2,1-4H3,(H,20,23)/p+1. The Labute approximate surface area is 163 Å². The number of nitrogens with zero attached hydrogens (tertiary/aromatic N) is 1. The van der Waals surface area contributed by atoms with Crippen LogP contribution in [0.2, 0.25) is 0 Å². The van der Waals surface area contributed by atoms with E-state index in [1.807, 2.05) is 50.0 Å². The second kappa shape index (κ2) is 9.75. The average Bonchev–Trinajstić information content (AvgIpc) is 2.99. The number of anilines is 1. The van der Waals surface area contributed by atoms with Crippen LogP contribution in [0.1, 0.15) is 10.4 Å². The van der Waals surface area contributed by atoms with Gasteiger partial charge in [-0.25, -0.2) is 0 Å². The van der Waals surface area contributed by atoms with Crippen LogP contribution in [0, 0.1) is 6.92 Å². The summed E-state index contributed by atoms with van der Waals surface area (Å²) in [6, 6.07) is 9.77. The number of carbonyl (C=O) groups is 2. The number of thioether (sulfide) groups is 1. The third-order valence-electron chi connectivity index (χ3n) is 4.07. The molecule has 1 unspecified atom stereocenters. The minimum absolute atomic E-state index is 0.0348. The highest BCUT2D eigenvalue weighted by atomic mass is 32.2. The molecule has 2 N–H and O–H groups in total. The first-order valence-corrected chi connectivity index (χ1v) is 10.5. The summed E-state index contributed by atoms with van der Waals surface area (Å²) in [4.78, 5) is 29.5. The molecule has 2 aromatic rings. The Balaban J connectivity index is 1.83. The van der Waals surface area contributed by atoms with Crippen molar-refractivity contribution in [3.05, 3.63) is 46.2 Å². The molecule has 1 heterocycles. The summed E-state index contributed by atoms with van der Waals surface area (Å²) >= 11 is 3.25. The van der Waals surface area contributed by atoms with Gasteiger partial charge in [0.15, 0.2) is 13.1 Å². The average molecular weight is 393 g/mol. The summed E-state index contributed by atoms with van der Waals surface area (Å²) in [5.74, 6) is -0.0545. The highest BCUT2D eigenvalue weighted by Gasteiger charge is 2.18. The van der Waals surface area contributed by atoms with Crippen molar-refractivity contribution in [2.75, 3.05) is 38.8 Å². The summed E-state index contributed by atoms with van der Waals surface area (Å²) in [6.07, 6.45) is 1.98. The topological polar surface area (TPSA) is 53.9 Å². The lowest BCUT2D eigenvalue weighted by atomic mass is 10.3. The fraction of sp³-hybridized carbons (Fsp3) is 0.368. The van der Waals surface area contributed by atoms with Gasteiger partial charge in [0.25, 0.3) is 11.8 Å². The van der Waals surface area contributed by atoms with Crippen LogP contribution in [-0.2, 0) is 16.1 Å². The molecular weight excluding hydrogens is 366 g/mol. The number of para-hydroxylation sites is 1. The monoisotopic (exact) mass is 392 g/mol. The Hall–Kier alpha value is -1.83. The zero-order valence-corrected chi connectivity index (χ0v) is 17.3. The lowest BCUT2D eigenvalue weighted by molar-refractivity contribution is -0.862. The molecule has 1 aromatic carbocycles. The summed E-state index contributed by atoms with van der Waals surface area (Å²) < 4.78 is 0. The number of quaternary nitrogens is 1. The number of likely N-dealkylation sites (N-methyl/N-ethyl adjacent to an activating group) is 2. The number of hydrogen-bond donors (Lipinski definition) is 2. The second-order valence-electron chi connectivity index (χ2n) is 6.34. The molecule has 140 valence electrons. The van der Waals surface area contributed by atoms with Crippen molar-refractivity contribution in [1.82, 2.24) is 4.90 Å². The molecule has 7 heteroatoms.